The molecule has 8 nitrogen and oxygen atoms in total. The average Bonchev–Trinajstić information content (AvgIpc) is 2.92. The molecular formula is C12H12N4O4. The summed E-state index contributed by atoms with van der Waals surface area (Å²) in [5, 5.41) is 13.6. The molecule has 0 aromatic carbocycles. The van der Waals surface area contributed by atoms with Crippen LogP contribution in [0, 0.1) is 10.1 Å². The third kappa shape index (κ3) is 2.91. The third-order valence-electron chi connectivity index (χ3n) is 2.43. The number of hydrogen-bond acceptors (Lipinski definition) is 6. The van der Waals surface area contributed by atoms with Gasteiger partial charge in [-0.05, 0) is 19.1 Å². The first-order chi connectivity index (χ1) is 9.61. The number of ether oxygens (including phenoxy) is 1. The quantitative estimate of drug-likeness (QED) is 0.492. The van der Waals surface area contributed by atoms with Crippen LogP contribution in [0.1, 0.15) is 17.3 Å². The first kappa shape index (κ1) is 13.5. The van der Waals surface area contributed by atoms with Crippen molar-refractivity contribution in [3.05, 3.63) is 46.3 Å². The summed E-state index contributed by atoms with van der Waals surface area (Å²) in [6, 6.07) is 4.63. The Hall–Kier alpha value is -2.90. The number of carbonyl (C=O) groups is 1. The van der Waals surface area contributed by atoms with Gasteiger partial charge in [0.15, 0.2) is 0 Å². The molecule has 2 aromatic heterocycles. The predicted octanol–water partition coefficient (Wildman–Crippen LogP) is 2.24. The Morgan fingerprint density at radius 1 is 1.60 bits per heavy atom. The number of nitro groups is 1. The van der Waals surface area contributed by atoms with Crippen LogP contribution in [0.5, 0.6) is 0 Å². The predicted molar refractivity (Wildman–Crippen MR) is 70.9 cm³/mol. The topological polar surface area (TPSA) is 110 Å². The molecule has 0 aliphatic carbocycles. The highest BCUT2D eigenvalue weighted by Gasteiger charge is 2.19. The van der Waals surface area contributed by atoms with E-state index in [0.29, 0.717) is 5.82 Å². The van der Waals surface area contributed by atoms with E-state index < -0.39 is 10.9 Å². The highest BCUT2D eigenvalue weighted by atomic mass is 16.6. The molecule has 0 fully saturated rings. The number of nitrogens with one attached hydrogen (secondary N) is 2. The lowest BCUT2D eigenvalue weighted by Gasteiger charge is -2.08. The van der Waals surface area contributed by atoms with Crippen molar-refractivity contribution >= 4 is 23.3 Å². The molecule has 0 bridgehead atoms. The molecule has 2 rings (SSSR count). The molecule has 0 amide bonds. The van der Waals surface area contributed by atoms with Crippen LogP contribution >= 0.6 is 0 Å². The molecule has 2 heterocycles. The number of rotatable bonds is 5. The summed E-state index contributed by atoms with van der Waals surface area (Å²) in [5.74, 6) is 0.131. The Morgan fingerprint density at radius 3 is 3.00 bits per heavy atom. The van der Waals surface area contributed by atoms with E-state index in [2.05, 4.69) is 15.3 Å². The van der Waals surface area contributed by atoms with E-state index in [4.69, 9.17) is 4.74 Å². The van der Waals surface area contributed by atoms with Crippen LogP contribution in [0.25, 0.3) is 0 Å². The Kier molecular flexibility index (Phi) is 3.94. The lowest BCUT2D eigenvalue weighted by atomic mass is 10.2. The average molecular weight is 276 g/mol. The fourth-order valence-corrected chi connectivity index (χ4v) is 1.55. The molecule has 0 aliphatic heterocycles. The second-order valence-corrected chi connectivity index (χ2v) is 3.78. The van der Waals surface area contributed by atoms with Crippen molar-refractivity contribution in [1.82, 2.24) is 9.97 Å². The van der Waals surface area contributed by atoms with E-state index in [1.165, 1.54) is 0 Å². The maximum Gasteiger partial charge on any atom is 0.342 e. The Morgan fingerprint density at radius 2 is 2.40 bits per heavy atom. The Balaban J connectivity index is 2.38. The summed E-state index contributed by atoms with van der Waals surface area (Å²) in [6.45, 7) is 1.82. The molecule has 20 heavy (non-hydrogen) atoms. The zero-order valence-corrected chi connectivity index (χ0v) is 10.6. The number of esters is 1. The van der Waals surface area contributed by atoms with Gasteiger partial charge in [-0.15, -0.1) is 0 Å². The van der Waals surface area contributed by atoms with Gasteiger partial charge in [0.2, 0.25) is 0 Å². The number of aromatic nitrogens is 2. The van der Waals surface area contributed by atoms with Crippen molar-refractivity contribution < 1.29 is 14.5 Å². The van der Waals surface area contributed by atoms with Crippen molar-refractivity contribution in [1.29, 1.82) is 0 Å². The van der Waals surface area contributed by atoms with Gasteiger partial charge in [0.1, 0.15) is 23.4 Å². The molecular weight excluding hydrogens is 264 g/mol. The summed E-state index contributed by atoms with van der Waals surface area (Å²) in [7, 11) is 0. The molecule has 0 unspecified atom stereocenters. The van der Waals surface area contributed by atoms with E-state index >= 15 is 0 Å². The lowest BCUT2D eigenvalue weighted by molar-refractivity contribution is -0.385. The summed E-state index contributed by atoms with van der Waals surface area (Å²) >= 11 is 0. The van der Waals surface area contributed by atoms with Gasteiger partial charge in [0.25, 0.3) is 5.69 Å². The third-order valence-corrected chi connectivity index (χ3v) is 2.43. The van der Waals surface area contributed by atoms with Crippen LogP contribution in [0.2, 0.25) is 0 Å². The SMILES string of the molecule is CCOC(=O)c1cc([N+](=O)[O-])cnc1Nc1ccc[nH]1. The maximum absolute atomic E-state index is 11.8. The molecule has 8 heteroatoms. The van der Waals surface area contributed by atoms with Gasteiger partial charge in [-0.1, -0.05) is 0 Å². The zero-order chi connectivity index (χ0) is 14.5. The highest BCUT2D eigenvalue weighted by Crippen LogP contribution is 2.22. The number of carbonyl (C=O) groups excluding carboxylic acids is 1. The fourth-order valence-electron chi connectivity index (χ4n) is 1.55. The van der Waals surface area contributed by atoms with Crippen molar-refractivity contribution in [3.8, 4) is 0 Å². The van der Waals surface area contributed by atoms with Gasteiger partial charge in [-0.25, -0.2) is 9.78 Å². The largest absolute Gasteiger partial charge is 0.462 e. The molecule has 104 valence electrons. The minimum absolute atomic E-state index is 0.00986. The van der Waals surface area contributed by atoms with E-state index in [1.807, 2.05) is 0 Å². The molecule has 0 aliphatic rings. The van der Waals surface area contributed by atoms with Crippen LogP contribution in [-0.2, 0) is 4.74 Å². The van der Waals surface area contributed by atoms with E-state index in [0.717, 1.165) is 12.3 Å². The van der Waals surface area contributed by atoms with Gasteiger partial charge in [-0.2, -0.15) is 0 Å². The fraction of sp³-hybridized carbons (Fsp3) is 0.167. The lowest BCUT2D eigenvalue weighted by Crippen LogP contribution is -2.10. The van der Waals surface area contributed by atoms with Gasteiger partial charge >= 0.3 is 5.97 Å². The molecule has 0 saturated carbocycles. The van der Waals surface area contributed by atoms with Crippen molar-refractivity contribution in [2.45, 2.75) is 6.92 Å². The molecule has 0 spiro atoms. The molecule has 0 saturated heterocycles. The molecule has 0 atom stereocenters. The molecule has 2 aromatic rings. The number of aromatic amines is 1. The van der Waals surface area contributed by atoms with Gasteiger partial charge in [0, 0.05) is 12.3 Å². The van der Waals surface area contributed by atoms with Crippen molar-refractivity contribution in [2.75, 3.05) is 11.9 Å². The minimum atomic E-state index is -0.669. The first-order valence-electron chi connectivity index (χ1n) is 5.83. The Bertz CT molecular complexity index is 624. The van der Waals surface area contributed by atoms with Crippen LogP contribution in [0.15, 0.2) is 30.6 Å². The van der Waals surface area contributed by atoms with E-state index in [9.17, 15) is 14.9 Å². The summed E-state index contributed by atoms with van der Waals surface area (Å²) < 4.78 is 4.87. The van der Waals surface area contributed by atoms with Gasteiger partial charge < -0.3 is 15.0 Å². The van der Waals surface area contributed by atoms with Gasteiger partial charge in [0.05, 0.1) is 11.5 Å². The minimum Gasteiger partial charge on any atom is -0.462 e. The van der Waals surface area contributed by atoms with E-state index in [1.54, 1.807) is 25.3 Å². The van der Waals surface area contributed by atoms with Crippen LogP contribution in [0.4, 0.5) is 17.3 Å². The van der Waals surface area contributed by atoms with Crippen molar-refractivity contribution in [2.24, 2.45) is 0 Å². The number of pyridine rings is 1. The molecule has 0 radical (unpaired) electrons. The number of hydrogen-bond donors (Lipinski definition) is 2. The normalized spacial score (nSPS) is 10.1. The number of nitrogens with zero attached hydrogens (tertiary/aromatic N) is 2. The number of anilines is 2. The van der Waals surface area contributed by atoms with Crippen LogP contribution < -0.4 is 5.32 Å². The standard InChI is InChI=1S/C12H12N4O4/c1-2-20-12(17)9-6-8(16(18)19)7-14-11(9)15-10-4-3-5-13-10/h3-7,13H,2H2,1H3,(H,14,15). The van der Waals surface area contributed by atoms with Crippen molar-refractivity contribution in [3.63, 3.8) is 0 Å². The summed E-state index contributed by atoms with van der Waals surface area (Å²) in [6.07, 6.45) is 2.77. The molecule has 2 N–H and O–H groups in total. The monoisotopic (exact) mass is 276 g/mol. The first-order valence-corrected chi connectivity index (χ1v) is 5.83. The summed E-state index contributed by atoms with van der Waals surface area (Å²) in [5.41, 5.74) is -0.263. The highest BCUT2D eigenvalue weighted by molar-refractivity contribution is 5.96. The van der Waals surface area contributed by atoms with Crippen LogP contribution in [0.3, 0.4) is 0 Å². The van der Waals surface area contributed by atoms with Gasteiger partial charge in [-0.3, -0.25) is 10.1 Å². The number of H-pyrrole nitrogens is 1. The van der Waals surface area contributed by atoms with Crippen LogP contribution in [-0.4, -0.2) is 27.5 Å². The Labute approximate surface area is 113 Å². The zero-order valence-electron chi connectivity index (χ0n) is 10.6. The summed E-state index contributed by atoms with van der Waals surface area (Å²) in [4.78, 5) is 28.8. The smallest absolute Gasteiger partial charge is 0.342 e. The van der Waals surface area contributed by atoms with E-state index in [-0.39, 0.29) is 23.7 Å². The second kappa shape index (κ2) is 5.83. The second-order valence-electron chi connectivity index (χ2n) is 3.78. The maximum atomic E-state index is 11.8.